The standard InChI is InChI=1S/C26H31FN4O2/c1-2-20-23-19(25(33)31(20)21-7-3-4-8-22(21)32)14-17(18-6-5-11-29-24(18)23)15-30-12-9-26(27,16-28)10-13-30/h5-6,11,14,20-22,32H,2-4,7-10,12-13,15H2,1H3/t20?,21-,22+/m1/s1. The van der Waals surface area contributed by atoms with Gasteiger partial charge in [0.25, 0.3) is 5.91 Å². The predicted octanol–water partition coefficient (Wildman–Crippen LogP) is 4.27. The fourth-order valence-electron chi connectivity index (χ4n) is 6.02. The monoisotopic (exact) mass is 450 g/mol. The molecule has 7 heteroatoms. The first-order chi connectivity index (χ1) is 16.0. The maximum Gasteiger partial charge on any atom is 0.255 e. The van der Waals surface area contributed by atoms with E-state index in [2.05, 4.69) is 11.8 Å². The number of alkyl halides is 1. The highest BCUT2D eigenvalue weighted by Gasteiger charge is 2.44. The van der Waals surface area contributed by atoms with Gasteiger partial charge >= 0.3 is 0 Å². The van der Waals surface area contributed by atoms with Crippen LogP contribution >= 0.6 is 0 Å². The summed E-state index contributed by atoms with van der Waals surface area (Å²) in [5.74, 6) is -0.0116. The molecule has 1 aromatic carbocycles. The van der Waals surface area contributed by atoms with Gasteiger partial charge in [0.15, 0.2) is 5.67 Å². The van der Waals surface area contributed by atoms with Crippen molar-refractivity contribution in [2.75, 3.05) is 13.1 Å². The number of aliphatic hydroxyl groups excluding tert-OH is 1. The van der Waals surface area contributed by atoms with Crippen LogP contribution in [0.4, 0.5) is 4.39 Å². The van der Waals surface area contributed by atoms with Crippen molar-refractivity contribution in [1.29, 1.82) is 5.26 Å². The lowest BCUT2D eigenvalue weighted by atomic mass is 9.90. The highest BCUT2D eigenvalue weighted by molar-refractivity contribution is 6.05. The van der Waals surface area contributed by atoms with Gasteiger partial charge in [-0.05, 0) is 37.0 Å². The third-order valence-corrected chi connectivity index (χ3v) is 7.83. The molecule has 6 nitrogen and oxygen atoms in total. The third kappa shape index (κ3) is 3.79. The first-order valence-electron chi connectivity index (χ1n) is 12.2. The predicted molar refractivity (Wildman–Crippen MR) is 123 cm³/mol. The Hall–Kier alpha value is -2.56. The molecule has 5 rings (SSSR count). The molecular formula is C26H31FN4O2. The highest BCUT2D eigenvalue weighted by atomic mass is 19.1. The largest absolute Gasteiger partial charge is 0.391 e. The SMILES string of the molecule is CCC1c2c(cc(CN3CCC(F)(C#N)CC3)c3cccnc23)C(=O)N1[C@@H]1CCCC[C@@H]1O. The first-order valence-corrected chi connectivity index (χ1v) is 12.2. The molecule has 2 fully saturated rings. The number of hydrogen-bond donors (Lipinski definition) is 1. The lowest BCUT2D eigenvalue weighted by Crippen LogP contribution is -2.47. The third-order valence-electron chi connectivity index (χ3n) is 7.83. The van der Waals surface area contributed by atoms with Gasteiger partial charge in [0.05, 0.1) is 23.7 Å². The molecule has 174 valence electrons. The van der Waals surface area contributed by atoms with Crippen molar-refractivity contribution >= 4 is 16.8 Å². The molecule has 3 heterocycles. The Morgan fingerprint density at radius 2 is 2.06 bits per heavy atom. The van der Waals surface area contributed by atoms with Crippen LogP contribution < -0.4 is 0 Å². The van der Waals surface area contributed by atoms with Gasteiger partial charge in [-0.3, -0.25) is 14.7 Å². The average molecular weight is 451 g/mol. The lowest BCUT2D eigenvalue weighted by Gasteiger charge is -2.38. The van der Waals surface area contributed by atoms with E-state index < -0.39 is 11.8 Å². The van der Waals surface area contributed by atoms with E-state index in [1.165, 1.54) is 0 Å². The van der Waals surface area contributed by atoms with Crippen molar-refractivity contribution in [2.24, 2.45) is 0 Å². The van der Waals surface area contributed by atoms with Gasteiger partial charge in [-0.25, -0.2) is 4.39 Å². The number of benzene rings is 1. The minimum atomic E-state index is -1.73. The van der Waals surface area contributed by atoms with E-state index in [1.807, 2.05) is 29.2 Å². The van der Waals surface area contributed by atoms with Crippen LogP contribution in [-0.2, 0) is 6.54 Å². The highest BCUT2D eigenvalue weighted by Crippen LogP contribution is 2.44. The number of piperidine rings is 1. The Labute approximate surface area is 194 Å². The normalized spacial score (nSPS) is 27.5. The summed E-state index contributed by atoms with van der Waals surface area (Å²) in [6, 6.07) is 7.53. The molecule has 2 aromatic rings. The number of halogens is 1. The number of aromatic nitrogens is 1. The number of likely N-dealkylation sites (tertiary alicyclic amines) is 1. The zero-order valence-electron chi connectivity index (χ0n) is 19.1. The minimum absolute atomic E-state index is 0.0116. The van der Waals surface area contributed by atoms with E-state index >= 15 is 0 Å². The summed E-state index contributed by atoms with van der Waals surface area (Å²) in [6.07, 6.45) is 6.05. The van der Waals surface area contributed by atoms with Crippen LogP contribution in [0.3, 0.4) is 0 Å². The second-order valence-electron chi connectivity index (χ2n) is 9.81. The number of rotatable bonds is 4. The molecule has 3 atom stereocenters. The molecule has 1 saturated heterocycles. The molecule has 2 aliphatic heterocycles. The Morgan fingerprint density at radius 3 is 2.76 bits per heavy atom. The van der Waals surface area contributed by atoms with Crippen molar-refractivity contribution < 1.29 is 14.3 Å². The molecule has 1 unspecified atom stereocenters. The number of aliphatic hydroxyl groups is 1. The zero-order valence-corrected chi connectivity index (χ0v) is 19.1. The minimum Gasteiger partial charge on any atom is -0.391 e. The number of nitrogens with zero attached hydrogens (tertiary/aromatic N) is 4. The van der Waals surface area contributed by atoms with E-state index in [1.54, 1.807) is 6.20 Å². The van der Waals surface area contributed by atoms with Gasteiger partial charge in [0.1, 0.15) is 6.07 Å². The summed E-state index contributed by atoms with van der Waals surface area (Å²) in [7, 11) is 0. The number of nitriles is 1. The van der Waals surface area contributed by atoms with Gasteiger partial charge < -0.3 is 10.0 Å². The van der Waals surface area contributed by atoms with Crippen molar-refractivity contribution in [3.63, 3.8) is 0 Å². The summed E-state index contributed by atoms with van der Waals surface area (Å²) in [6.45, 7) is 3.70. The number of fused-ring (bicyclic) bond motifs is 3. The summed E-state index contributed by atoms with van der Waals surface area (Å²) < 4.78 is 14.4. The maximum absolute atomic E-state index is 14.4. The van der Waals surface area contributed by atoms with Crippen LogP contribution in [0.15, 0.2) is 24.4 Å². The summed E-state index contributed by atoms with van der Waals surface area (Å²) in [4.78, 5) is 22.5. The Kier molecular flexibility index (Phi) is 5.84. The summed E-state index contributed by atoms with van der Waals surface area (Å²) >= 11 is 0. The van der Waals surface area contributed by atoms with E-state index in [9.17, 15) is 14.3 Å². The molecule has 1 aliphatic carbocycles. The van der Waals surface area contributed by atoms with Gasteiger partial charge in [0, 0.05) is 55.2 Å². The van der Waals surface area contributed by atoms with Crippen molar-refractivity contribution in [2.45, 2.75) is 82.3 Å². The second kappa shape index (κ2) is 8.66. The van der Waals surface area contributed by atoms with Crippen LogP contribution in [0.5, 0.6) is 0 Å². The number of carbonyl (C=O) groups is 1. The van der Waals surface area contributed by atoms with Crippen LogP contribution in [0, 0.1) is 11.3 Å². The van der Waals surface area contributed by atoms with Crippen LogP contribution in [0.1, 0.15) is 79.4 Å². The van der Waals surface area contributed by atoms with Crippen LogP contribution in [0.2, 0.25) is 0 Å². The quantitative estimate of drug-likeness (QED) is 0.752. The molecule has 0 spiro atoms. The second-order valence-corrected chi connectivity index (χ2v) is 9.81. The fraction of sp³-hybridized carbons (Fsp3) is 0.577. The Morgan fingerprint density at radius 1 is 1.30 bits per heavy atom. The van der Waals surface area contributed by atoms with E-state index in [0.717, 1.165) is 54.1 Å². The molecule has 0 bridgehead atoms. The summed E-state index contributed by atoms with van der Waals surface area (Å²) in [5, 5.41) is 20.8. The number of carbonyl (C=O) groups excluding carboxylic acids is 1. The molecule has 1 amide bonds. The smallest absolute Gasteiger partial charge is 0.255 e. The molecule has 1 N–H and O–H groups in total. The molecular weight excluding hydrogens is 419 g/mol. The van der Waals surface area contributed by atoms with Crippen molar-refractivity contribution in [3.05, 3.63) is 41.1 Å². The Bertz CT molecular complexity index is 1110. The van der Waals surface area contributed by atoms with Crippen LogP contribution in [0.25, 0.3) is 10.9 Å². The molecule has 1 saturated carbocycles. The molecule has 0 radical (unpaired) electrons. The van der Waals surface area contributed by atoms with Crippen molar-refractivity contribution in [3.8, 4) is 6.07 Å². The van der Waals surface area contributed by atoms with Gasteiger partial charge in [-0.2, -0.15) is 5.26 Å². The van der Waals surface area contributed by atoms with Crippen LogP contribution in [-0.4, -0.2) is 56.7 Å². The van der Waals surface area contributed by atoms with E-state index in [0.29, 0.717) is 25.2 Å². The first kappa shape index (κ1) is 22.2. The molecule has 33 heavy (non-hydrogen) atoms. The lowest BCUT2D eigenvalue weighted by molar-refractivity contribution is 0.00667. The van der Waals surface area contributed by atoms with Crippen molar-refractivity contribution in [1.82, 2.24) is 14.8 Å². The number of hydrogen-bond acceptors (Lipinski definition) is 5. The van der Waals surface area contributed by atoms with Gasteiger partial charge in [0.2, 0.25) is 0 Å². The maximum atomic E-state index is 14.4. The molecule has 3 aliphatic rings. The Balaban J connectivity index is 1.52. The van der Waals surface area contributed by atoms with E-state index in [4.69, 9.17) is 10.2 Å². The van der Waals surface area contributed by atoms with E-state index in [-0.39, 0.29) is 30.8 Å². The molecule has 1 aromatic heterocycles. The number of pyridine rings is 1. The average Bonchev–Trinajstić information content (AvgIpc) is 3.12. The zero-order chi connectivity index (χ0) is 23.2. The number of amides is 1. The topological polar surface area (TPSA) is 80.5 Å². The van der Waals surface area contributed by atoms with Gasteiger partial charge in [-0.15, -0.1) is 0 Å². The van der Waals surface area contributed by atoms with Gasteiger partial charge in [-0.1, -0.05) is 25.8 Å². The fourth-order valence-corrected chi connectivity index (χ4v) is 6.02. The summed E-state index contributed by atoms with van der Waals surface area (Å²) in [5.41, 5.74) is 1.80.